The second-order valence-corrected chi connectivity index (χ2v) is 10.6. The molecule has 34 heavy (non-hydrogen) atoms. The van der Waals surface area contributed by atoms with E-state index >= 15 is 0 Å². The molecule has 0 radical (unpaired) electrons. The summed E-state index contributed by atoms with van der Waals surface area (Å²) in [6.45, 7) is -0.143. The van der Waals surface area contributed by atoms with Gasteiger partial charge in [0.05, 0.1) is 11.8 Å². The summed E-state index contributed by atoms with van der Waals surface area (Å²) in [4.78, 5) is 39.6. The van der Waals surface area contributed by atoms with Gasteiger partial charge in [-0.2, -0.15) is 4.31 Å². The number of carbonyl (C=O) groups is 2. The molecule has 1 unspecified atom stereocenters. The van der Waals surface area contributed by atoms with E-state index < -0.39 is 55.8 Å². The van der Waals surface area contributed by atoms with Crippen LogP contribution in [-0.2, 0) is 22.1 Å². The molecule has 2 aromatic rings. The first-order valence-corrected chi connectivity index (χ1v) is 12.1. The fourth-order valence-electron chi connectivity index (χ4n) is 4.48. The van der Waals surface area contributed by atoms with Crippen molar-refractivity contribution in [3.8, 4) is 5.75 Å². The van der Waals surface area contributed by atoms with Crippen molar-refractivity contribution in [3.05, 3.63) is 63.1 Å². The van der Waals surface area contributed by atoms with Crippen molar-refractivity contribution in [2.24, 2.45) is 0 Å². The fraction of sp³-hybridized carbons (Fsp3) is 0.381. The summed E-state index contributed by atoms with van der Waals surface area (Å²) >= 11 is 0. The third kappa shape index (κ3) is 3.94. The summed E-state index contributed by atoms with van der Waals surface area (Å²) in [5.74, 6) is -4.21. The van der Waals surface area contributed by atoms with Gasteiger partial charge >= 0.3 is 0 Å². The number of pyridine rings is 1. The summed E-state index contributed by atoms with van der Waals surface area (Å²) in [6, 6.07) is 2.81. The monoisotopic (exact) mass is 496 g/mol. The molecule has 1 spiro atoms. The number of amides is 2. The van der Waals surface area contributed by atoms with Crippen LogP contribution in [0.25, 0.3) is 0 Å². The van der Waals surface area contributed by atoms with Gasteiger partial charge in [0.2, 0.25) is 15.5 Å². The van der Waals surface area contributed by atoms with Crippen molar-refractivity contribution in [3.63, 3.8) is 0 Å². The lowest BCUT2D eigenvalue weighted by molar-refractivity contribution is 0.0615. The first-order valence-electron chi connectivity index (χ1n) is 10.3. The summed E-state index contributed by atoms with van der Waals surface area (Å²) in [7, 11) is -2.08. The Bertz CT molecular complexity index is 1380. The molecular formula is C21H22F2N4O6S. The van der Waals surface area contributed by atoms with Crippen molar-refractivity contribution >= 4 is 21.8 Å². The van der Waals surface area contributed by atoms with Gasteiger partial charge in [-0.05, 0) is 12.5 Å². The minimum Gasteiger partial charge on any atom is -0.503 e. The Balaban J connectivity index is 1.74. The molecule has 0 bridgehead atoms. The number of aromatic hydroxyl groups is 1. The molecular weight excluding hydrogens is 474 g/mol. The van der Waals surface area contributed by atoms with Crippen LogP contribution in [0.15, 0.2) is 29.2 Å². The van der Waals surface area contributed by atoms with Crippen LogP contribution in [-0.4, -0.2) is 72.0 Å². The maximum atomic E-state index is 13.9. The predicted octanol–water partition coefficient (Wildman–Crippen LogP) is 0.208. The largest absolute Gasteiger partial charge is 0.503 e. The highest BCUT2D eigenvalue weighted by Gasteiger charge is 2.49. The average molecular weight is 496 g/mol. The van der Waals surface area contributed by atoms with E-state index in [9.17, 15) is 36.7 Å². The number of aromatic nitrogens is 1. The quantitative estimate of drug-likeness (QED) is 0.623. The SMILES string of the molecule is CN1CC2(CCN(S(C)(=O)=O)C2)n2cc(C(=O)NCc3ccc(F)cc3F)c(=O)c(O)c2C1=O. The number of nitrogens with zero attached hydrogens (tertiary/aromatic N) is 3. The van der Waals surface area contributed by atoms with Crippen LogP contribution in [0.1, 0.15) is 32.8 Å². The highest BCUT2D eigenvalue weighted by atomic mass is 32.2. The Hall–Kier alpha value is -3.32. The average Bonchev–Trinajstić information content (AvgIpc) is 3.18. The number of fused-ring (bicyclic) bond motifs is 2. The van der Waals surface area contributed by atoms with Gasteiger partial charge in [-0.15, -0.1) is 0 Å². The molecule has 1 fully saturated rings. The molecule has 0 saturated carbocycles. The molecule has 13 heteroatoms. The number of likely N-dealkylation sites (N-methyl/N-ethyl adjacent to an activating group) is 1. The molecule has 2 aliphatic heterocycles. The van der Waals surface area contributed by atoms with E-state index in [0.29, 0.717) is 6.07 Å². The number of hydrogen-bond donors (Lipinski definition) is 2. The van der Waals surface area contributed by atoms with Crippen LogP contribution in [0, 0.1) is 11.6 Å². The van der Waals surface area contributed by atoms with Crippen LogP contribution in [0.5, 0.6) is 5.75 Å². The number of carbonyl (C=O) groups excluding carboxylic acids is 2. The van der Waals surface area contributed by atoms with Gasteiger partial charge in [0.15, 0.2) is 11.4 Å². The third-order valence-corrected chi connectivity index (χ3v) is 7.49. The van der Waals surface area contributed by atoms with E-state index in [0.717, 1.165) is 24.6 Å². The summed E-state index contributed by atoms with van der Waals surface area (Å²) < 4.78 is 53.7. The molecule has 1 aromatic carbocycles. The van der Waals surface area contributed by atoms with Crippen molar-refractivity contribution in [2.45, 2.75) is 18.5 Å². The Morgan fingerprint density at radius 3 is 2.56 bits per heavy atom. The summed E-state index contributed by atoms with van der Waals surface area (Å²) in [5.41, 5.74) is -2.97. The van der Waals surface area contributed by atoms with E-state index in [1.165, 1.54) is 20.8 Å². The van der Waals surface area contributed by atoms with Crippen LogP contribution < -0.4 is 10.7 Å². The smallest absolute Gasteiger partial charge is 0.274 e. The van der Waals surface area contributed by atoms with Gasteiger partial charge in [0.1, 0.15) is 17.2 Å². The molecule has 2 aliphatic rings. The van der Waals surface area contributed by atoms with Crippen molar-refractivity contribution < 1.29 is 31.9 Å². The zero-order chi connectivity index (χ0) is 25.0. The first-order chi connectivity index (χ1) is 15.8. The molecule has 1 atom stereocenters. The van der Waals surface area contributed by atoms with Crippen LogP contribution >= 0.6 is 0 Å². The lowest BCUT2D eigenvalue weighted by Gasteiger charge is -2.42. The minimum atomic E-state index is -3.55. The number of rotatable bonds is 4. The van der Waals surface area contributed by atoms with Crippen molar-refractivity contribution in [2.75, 3.05) is 32.9 Å². The van der Waals surface area contributed by atoms with Gasteiger partial charge in [0, 0.05) is 51.1 Å². The van der Waals surface area contributed by atoms with E-state index in [-0.39, 0.29) is 43.9 Å². The molecule has 4 rings (SSSR count). The highest BCUT2D eigenvalue weighted by molar-refractivity contribution is 7.88. The maximum Gasteiger partial charge on any atom is 0.274 e. The Morgan fingerprint density at radius 2 is 1.94 bits per heavy atom. The van der Waals surface area contributed by atoms with E-state index in [2.05, 4.69) is 5.32 Å². The maximum absolute atomic E-state index is 13.9. The normalized spacial score (nSPS) is 20.6. The van der Waals surface area contributed by atoms with Gasteiger partial charge < -0.3 is 19.9 Å². The zero-order valence-electron chi connectivity index (χ0n) is 18.3. The van der Waals surface area contributed by atoms with E-state index in [1.54, 1.807) is 0 Å². The van der Waals surface area contributed by atoms with Crippen molar-refractivity contribution in [1.29, 1.82) is 0 Å². The zero-order valence-corrected chi connectivity index (χ0v) is 19.2. The van der Waals surface area contributed by atoms with Crippen LogP contribution in [0.2, 0.25) is 0 Å². The Kier molecular flexibility index (Phi) is 5.72. The van der Waals surface area contributed by atoms with Gasteiger partial charge in [0.25, 0.3) is 11.8 Å². The number of benzene rings is 1. The highest BCUT2D eigenvalue weighted by Crippen LogP contribution is 2.37. The first kappa shape index (κ1) is 23.8. The predicted molar refractivity (Wildman–Crippen MR) is 116 cm³/mol. The molecule has 1 aromatic heterocycles. The molecule has 182 valence electrons. The number of sulfonamides is 1. The number of hydrogen-bond acceptors (Lipinski definition) is 6. The van der Waals surface area contributed by atoms with E-state index in [4.69, 9.17) is 0 Å². The van der Waals surface area contributed by atoms with Gasteiger partial charge in [-0.25, -0.2) is 17.2 Å². The topological polar surface area (TPSA) is 129 Å². The van der Waals surface area contributed by atoms with Crippen LogP contribution in [0.3, 0.4) is 0 Å². The third-order valence-electron chi connectivity index (χ3n) is 6.24. The lowest BCUT2D eigenvalue weighted by Crippen LogP contribution is -2.55. The van der Waals surface area contributed by atoms with Gasteiger partial charge in [-0.3, -0.25) is 14.4 Å². The summed E-state index contributed by atoms with van der Waals surface area (Å²) in [5, 5.41) is 13.0. The molecule has 0 aliphatic carbocycles. The molecule has 3 heterocycles. The standard InChI is InChI=1S/C21H22F2N4O6S/c1-25-10-21(5-6-26(11-21)34(2,32)33)27-9-14(17(28)18(29)16(27)20(25)31)19(30)24-8-12-3-4-13(22)7-15(12)23/h3-4,7,9,29H,5-6,8,10-11H2,1-2H3,(H,24,30). The van der Waals surface area contributed by atoms with Crippen molar-refractivity contribution in [1.82, 2.24) is 19.1 Å². The summed E-state index contributed by atoms with van der Waals surface area (Å²) in [6.07, 6.45) is 2.46. The molecule has 2 amide bonds. The van der Waals surface area contributed by atoms with E-state index in [1.807, 2.05) is 0 Å². The number of halogens is 2. The second-order valence-electron chi connectivity index (χ2n) is 8.59. The Labute approximate surface area is 193 Å². The molecule has 1 saturated heterocycles. The molecule has 2 N–H and O–H groups in total. The second kappa shape index (κ2) is 8.17. The van der Waals surface area contributed by atoms with Crippen LogP contribution in [0.4, 0.5) is 8.78 Å². The Morgan fingerprint density at radius 1 is 1.24 bits per heavy atom. The van der Waals surface area contributed by atoms with Gasteiger partial charge in [-0.1, -0.05) is 6.07 Å². The molecule has 10 nitrogen and oxygen atoms in total. The minimum absolute atomic E-state index is 0.0232. The lowest BCUT2D eigenvalue weighted by atomic mass is 9.92. The fourth-order valence-corrected chi connectivity index (χ4v) is 5.37. The number of nitrogens with one attached hydrogen (secondary N) is 1.